The normalized spacial score (nSPS) is 12.4. The van der Waals surface area contributed by atoms with Gasteiger partial charge in [0.2, 0.25) is 10.0 Å². The molecule has 4 N–H and O–H groups in total. The number of nitrogen functional groups attached to an aromatic ring is 1. The molecule has 0 aliphatic heterocycles. The molecule has 0 saturated carbocycles. The minimum absolute atomic E-state index is 0.0324. The molecule has 0 aliphatic carbocycles. The molecule has 0 spiro atoms. The number of nitrogens with one attached hydrogen (secondary N) is 2. The van der Waals surface area contributed by atoms with Crippen molar-refractivity contribution in [3.63, 3.8) is 0 Å². The fourth-order valence-electron chi connectivity index (χ4n) is 1.17. The lowest BCUT2D eigenvalue weighted by molar-refractivity contribution is 0.582. The highest BCUT2D eigenvalue weighted by Crippen LogP contribution is 2.21. The maximum absolute atomic E-state index is 12.0. The van der Waals surface area contributed by atoms with Gasteiger partial charge in [0, 0.05) is 23.5 Å². The molecule has 0 amide bonds. The lowest BCUT2D eigenvalue weighted by atomic mass is 10.5. The van der Waals surface area contributed by atoms with Crippen molar-refractivity contribution in [2.45, 2.75) is 4.90 Å². The Kier molecular flexibility index (Phi) is 5.26. The van der Waals surface area contributed by atoms with E-state index in [0.29, 0.717) is 4.47 Å². The summed E-state index contributed by atoms with van der Waals surface area (Å²) in [4.78, 5) is 3.63. The Hall–Kier alpha value is -0.750. The van der Waals surface area contributed by atoms with E-state index in [9.17, 15) is 16.8 Å². The predicted octanol–water partition coefficient (Wildman–Crippen LogP) is -0.547. The molecule has 1 aromatic heterocycles. The van der Waals surface area contributed by atoms with Crippen LogP contribution in [-0.2, 0) is 19.9 Å². The van der Waals surface area contributed by atoms with Crippen LogP contribution >= 0.6 is 15.9 Å². The highest BCUT2D eigenvalue weighted by molar-refractivity contribution is 9.10. The first-order chi connectivity index (χ1) is 8.65. The van der Waals surface area contributed by atoms with Crippen LogP contribution in [0.15, 0.2) is 21.6 Å². The zero-order valence-corrected chi connectivity index (χ0v) is 13.1. The second kappa shape index (κ2) is 6.13. The van der Waals surface area contributed by atoms with Crippen molar-refractivity contribution < 1.29 is 16.8 Å². The Labute approximate surface area is 119 Å². The molecule has 0 fully saturated rings. The van der Waals surface area contributed by atoms with Crippen LogP contribution in [0.2, 0.25) is 0 Å². The van der Waals surface area contributed by atoms with Crippen LogP contribution < -0.4 is 16.0 Å². The second-order valence-electron chi connectivity index (χ2n) is 3.67. The van der Waals surface area contributed by atoms with Crippen molar-refractivity contribution in [2.24, 2.45) is 5.84 Å². The van der Waals surface area contributed by atoms with Crippen molar-refractivity contribution in [3.8, 4) is 0 Å². The van der Waals surface area contributed by atoms with Gasteiger partial charge in [-0.3, -0.25) is 0 Å². The molecule has 8 nitrogen and oxygen atoms in total. The summed E-state index contributed by atoms with van der Waals surface area (Å²) in [5.74, 6) is 4.85. The number of nitrogens with two attached hydrogens (primary N) is 1. The van der Waals surface area contributed by atoms with Gasteiger partial charge in [-0.15, -0.1) is 0 Å². The third-order valence-corrected chi connectivity index (χ3v) is 4.86. The van der Waals surface area contributed by atoms with E-state index in [1.807, 2.05) is 0 Å². The molecule has 108 valence electrons. The molecule has 0 unspecified atom stereocenters. The summed E-state index contributed by atoms with van der Waals surface area (Å²) in [5.41, 5.74) is 2.17. The van der Waals surface area contributed by atoms with Gasteiger partial charge in [-0.25, -0.2) is 32.4 Å². The van der Waals surface area contributed by atoms with Gasteiger partial charge in [-0.1, -0.05) is 0 Å². The van der Waals surface area contributed by atoms with Gasteiger partial charge >= 0.3 is 0 Å². The first-order valence-electron chi connectivity index (χ1n) is 4.95. The number of hydrogen-bond acceptors (Lipinski definition) is 7. The number of hydrazine groups is 1. The number of nitrogens with zero attached hydrogens (tertiary/aromatic N) is 1. The zero-order valence-electron chi connectivity index (χ0n) is 9.92. The SMILES string of the molecule is CS(=O)(=O)CCNS(=O)(=O)c1cc(Br)cnc1NN. The molecule has 1 aromatic rings. The smallest absolute Gasteiger partial charge is 0.244 e. The lowest BCUT2D eigenvalue weighted by Crippen LogP contribution is -2.30. The monoisotopic (exact) mass is 372 g/mol. The third kappa shape index (κ3) is 5.03. The fourth-order valence-corrected chi connectivity index (χ4v) is 3.43. The van der Waals surface area contributed by atoms with Gasteiger partial charge in [-0.2, -0.15) is 0 Å². The summed E-state index contributed by atoms with van der Waals surface area (Å²) in [5, 5.41) is 0. The van der Waals surface area contributed by atoms with E-state index in [1.54, 1.807) is 0 Å². The Balaban J connectivity index is 2.97. The number of hydrogen-bond donors (Lipinski definition) is 3. The first-order valence-corrected chi connectivity index (χ1v) is 9.29. The molecule has 0 aliphatic rings. The van der Waals surface area contributed by atoms with Crippen LogP contribution in [-0.4, -0.2) is 40.4 Å². The number of anilines is 1. The molecule has 0 atom stereocenters. The molecular formula is C8H13BrN4O4S2. The van der Waals surface area contributed by atoms with Crippen molar-refractivity contribution in [1.29, 1.82) is 0 Å². The summed E-state index contributed by atoms with van der Waals surface area (Å²) in [6, 6.07) is 1.31. The average molecular weight is 373 g/mol. The fraction of sp³-hybridized carbons (Fsp3) is 0.375. The van der Waals surface area contributed by atoms with Gasteiger partial charge < -0.3 is 5.43 Å². The summed E-state index contributed by atoms with van der Waals surface area (Å²) < 4.78 is 48.5. The van der Waals surface area contributed by atoms with Crippen LogP contribution in [0.25, 0.3) is 0 Å². The van der Waals surface area contributed by atoms with Crippen LogP contribution in [0, 0.1) is 0 Å². The number of aromatic nitrogens is 1. The van der Waals surface area contributed by atoms with E-state index < -0.39 is 19.9 Å². The van der Waals surface area contributed by atoms with Crippen molar-refractivity contribution >= 4 is 41.6 Å². The Morgan fingerprint density at radius 1 is 1.37 bits per heavy atom. The zero-order chi connectivity index (χ0) is 14.7. The van der Waals surface area contributed by atoms with Crippen LogP contribution in [0.4, 0.5) is 5.82 Å². The highest BCUT2D eigenvalue weighted by Gasteiger charge is 2.20. The molecule has 0 aromatic carbocycles. The maximum atomic E-state index is 12.0. The molecule has 0 radical (unpaired) electrons. The maximum Gasteiger partial charge on any atom is 0.244 e. The standard InChI is InChI=1S/C8H13BrN4O4S2/c1-18(14,15)3-2-12-19(16,17)7-4-6(9)5-11-8(7)13-10/h4-5,12H,2-3,10H2,1H3,(H,11,13). The van der Waals surface area contributed by atoms with Gasteiger partial charge in [0.25, 0.3) is 0 Å². The Morgan fingerprint density at radius 2 is 2.00 bits per heavy atom. The van der Waals surface area contributed by atoms with E-state index in [-0.39, 0.29) is 23.0 Å². The molecule has 1 rings (SSSR count). The highest BCUT2D eigenvalue weighted by atomic mass is 79.9. The van der Waals surface area contributed by atoms with Gasteiger partial charge in [0.15, 0.2) is 5.82 Å². The number of sulfonamides is 1. The first kappa shape index (κ1) is 16.3. The lowest BCUT2D eigenvalue weighted by Gasteiger charge is -2.10. The predicted molar refractivity (Wildman–Crippen MR) is 74.6 cm³/mol. The van der Waals surface area contributed by atoms with E-state index in [2.05, 4.69) is 31.1 Å². The van der Waals surface area contributed by atoms with Crippen LogP contribution in [0.3, 0.4) is 0 Å². The largest absolute Gasteiger partial charge is 0.307 e. The Morgan fingerprint density at radius 3 is 2.53 bits per heavy atom. The number of rotatable bonds is 6. The molecule has 19 heavy (non-hydrogen) atoms. The minimum atomic E-state index is -3.90. The van der Waals surface area contributed by atoms with Gasteiger partial charge in [-0.05, 0) is 22.0 Å². The molecule has 11 heteroatoms. The van der Waals surface area contributed by atoms with E-state index in [1.165, 1.54) is 12.3 Å². The summed E-state index contributed by atoms with van der Waals surface area (Å²) in [6.45, 7) is -0.225. The van der Waals surface area contributed by atoms with Gasteiger partial charge in [0.05, 0.1) is 5.75 Å². The van der Waals surface area contributed by atoms with Crippen LogP contribution in [0.5, 0.6) is 0 Å². The van der Waals surface area contributed by atoms with Crippen molar-refractivity contribution in [2.75, 3.05) is 24.0 Å². The second-order valence-corrected chi connectivity index (χ2v) is 8.58. The quantitative estimate of drug-likeness (QED) is 0.450. The third-order valence-electron chi connectivity index (χ3n) is 2.01. The number of pyridine rings is 1. The topological polar surface area (TPSA) is 131 Å². The number of halogens is 1. The molecule has 0 bridgehead atoms. The summed E-state index contributed by atoms with van der Waals surface area (Å²) in [7, 11) is -7.14. The minimum Gasteiger partial charge on any atom is -0.307 e. The van der Waals surface area contributed by atoms with Crippen molar-refractivity contribution in [1.82, 2.24) is 9.71 Å². The van der Waals surface area contributed by atoms with Crippen molar-refractivity contribution in [3.05, 3.63) is 16.7 Å². The number of sulfone groups is 1. The summed E-state index contributed by atoms with van der Waals surface area (Å²) >= 11 is 3.10. The van der Waals surface area contributed by atoms with E-state index >= 15 is 0 Å². The summed E-state index contributed by atoms with van der Waals surface area (Å²) in [6.07, 6.45) is 2.40. The van der Waals surface area contributed by atoms with Gasteiger partial charge in [0.1, 0.15) is 14.7 Å². The molecule has 1 heterocycles. The molecule has 0 saturated heterocycles. The van der Waals surface area contributed by atoms with E-state index in [0.717, 1.165) is 6.26 Å². The average Bonchev–Trinajstić information content (AvgIpc) is 2.27. The Bertz CT molecular complexity index is 659. The van der Waals surface area contributed by atoms with Crippen LogP contribution in [0.1, 0.15) is 0 Å². The molecular weight excluding hydrogens is 360 g/mol. The van der Waals surface area contributed by atoms with E-state index in [4.69, 9.17) is 5.84 Å².